The second-order valence-corrected chi connectivity index (χ2v) is 12.2. The number of aliphatic hydroxyl groups is 1. The molecular weight excluding hydrogens is 801 g/mol. The Balaban J connectivity index is 1.24. The van der Waals surface area contributed by atoms with Crippen molar-refractivity contribution in [3.05, 3.63) is 40.4 Å². The van der Waals surface area contributed by atoms with Crippen LogP contribution in [-0.4, -0.2) is 72.3 Å². The van der Waals surface area contributed by atoms with Crippen molar-refractivity contribution < 1.29 is 50.7 Å². The number of benzene rings is 1. The highest BCUT2D eigenvalue weighted by atomic mass is 127. The highest BCUT2D eigenvalue weighted by Gasteiger charge is 2.69. The van der Waals surface area contributed by atoms with Gasteiger partial charge in [-0.1, -0.05) is 11.6 Å². The maximum atomic E-state index is 14.5. The number of nitrogens with one attached hydrogen (secondary N) is 2. The minimum absolute atomic E-state index is 0.0822. The Hall–Kier alpha value is -1.52. The fourth-order valence-corrected chi connectivity index (χ4v) is 6.17. The number of aromatic amines is 1. The average Bonchev–Trinajstić information content (AvgIpc) is 3.45. The molecular formula is C22H18ClF5I2N4O6. The van der Waals surface area contributed by atoms with Crippen LogP contribution in [0.5, 0.6) is 11.8 Å². The van der Waals surface area contributed by atoms with E-state index in [1.807, 2.05) is 22.6 Å². The Labute approximate surface area is 254 Å². The summed E-state index contributed by atoms with van der Waals surface area (Å²) in [5.41, 5.74) is 0.244. The fourth-order valence-electron chi connectivity index (χ4n) is 4.09. The van der Waals surface area contributed by atoms with Gasteiger partial charge in [0.25, 0.3) is 6.01 Å². The van der Waals surface area contributed by atoms with Gasteiger partial charge >= 0.3 is 6.36 Å². The summed E-state index contributed by atoms with van der Waals surface area (Å²) < 4.78 is 89.2. The molecule has 0 radical (unpaired) electrons. The zero-order chi connectivity index (χ0) is 28.9. The van der Waals surface area contributed by atoms with E-state index in [1.165, 1.54) is 6.07 Å². The summed E-state index contributed by atoms with van der Waals surface area (Å²) in [6.45, 7) is -1.54. The van der Waals surface area contributed by atoms with Crippen LogP contribution in [0.1, 0.15) is 5.56 Å². The number of hydrogen-bond acceptors (Lipinski definition) is 9. The Bertz CT molecular complexity index is 1400. The summed E-state index contributed by atoms with van der Waals surface area (Å²) in [6, 6.07) is 3.28. The average molecular weight is 819 g/mol. The number of imidazole rings is 1. The normalized spacial score (nSPS) is 26.3. The van der Waals surface area contributed by atoms with E-state index >= 15 is 0 Å². The summed E-state index contributed by atoms with van der Waals surface area (Å²) in [5.74, 6) is -2.21. The molecule has 0 spiro atoms. The Morgan fingerprint density at radius 1 is 1.10 bits per heavy atom. The molecule has 2 aliphatic heterocycles. The van der Waals surface area contributed by atoms with E-state index in [2.05, 4.69) is 47.6 Å². The van der Waals surface area contributed by atoms with Gasteiger partial charge in [-0.05, 0) is 51.2 Å². The second-order valence-electron chi connectivity index (χ2n) is 8.63. The number of halogens is 8. The van der Waals surface area contributed by atoms with Crippen LogP contribution in [0, 0.1) is 11.6 Å². The lowest BCUT2D eigenvalue weighted by atomic mass is 10.1. The van der Waals surface area contributed by atoms with Crippen molar-refractivity contribution in [1.29, 1.82) is 0 Å². The maximum Gasteiger partial charge on any atom is 0.522 e. The van der Waals surface area contributed by atoms with E-state index in [4.69, 9.17) is 30.5 Å². The van der Waals surface area contributed by atoms with Crippen molar-refractivity contribution in [2.45, 2.75) is 32.3 Å². The number of fused-ring (bicyclic) bond motifs is 2. The van der Waals surface area contributed by atoms with Gasteiger partial charge in [0.15, 0.2) is 19.0 Å². The predicted molar refractivity (Wildman–Crippen MR) is 146 cm³/mol. The molecule has 0 bridgehead atoms. The summed E-state index contributed by atoms with van der Waals surface area (Å²) in [6.07, 6.45) is -6.27. The number of aliphatic hydroxyl groups excluding tert-OH is 1. The van der Waals surface area contributed by atoms with Crippen LogP contribution >= 0.6 is 56.8 Å². The quantitative estimate of drug-likeness (QED) is 0.121. The first-order valence-electron chi connectivity index (χ1n) is 11.4. The highest BCUT2D eigenvalue weighted by Crippen LogP contribution is 2.55. The Morgan fingerprint density at radius 2 is 1.80 bits per heavy atom. The van der Waals surface area contributed by atoms with Crippen LogP contribution in [0.2, 0.25) is 5.02 Å². The third-order valence-electron chi connectivity index (χ3n) is 6.03. The van der Waals surface area contributed by atoms with Crippen molar-refractivity contribution in [2.24, 2.45) is 0 Å². The zero-order valence-electron chi connectivity index (χ0n) is 19.8. The SMILES string of the molecule is O[C@@H]1CO[C@]2(I)[C@H](Oc3nc4nc(NCc5c(F)cc(OCCOC(F)(F)F)cc5F)c(Cl)cc4[nH]3)CO[C@]12I. The van der Waals surface area contributed by atoms with Gasteiger partial charge in [-0.2, -0.15) is 4.98 Å². The summed E-state index contributed by atoms with van der Waals surface area (Å²) in [7, 11) is 0. The van der Waals surface area contributed by atoms with Crippen LogP contribution in [0.15, 0.2) is 18.2 Å². The van der Waals surface area contributed by atoms with Crippen LogP contribution in [0.25, 0.3) is 11.2 Å². The van der Waals surface area contributed by atoms with E-state index in [-0.39, 0.29) is 53.6 Å². The van der Waals surface area contributed by atoms with Gasteiger partial charge in [-0.3, -0.25) is 4.74 Å². The number of nitrogens with zero attached hydrogens (tertiary/aromatic N) is 2. The van der Waals surface area contributed by atoms with Gasteiger partial charge in [-0.25, -0.2) is 13.8 Å². The smallest absolute Gasteiger partial charge is 0.491 e. The van der Waals surface area contributed by atoms with E-state index in [1.54, 1.807) is 0 Å². The molecule has 4 heterocycles. The van der Waals surface area contributed by atoms with Crippen LogP contribution in [0.4, 0.5) is 27.8 Å². The van der Waals surface area contributed by atoms with Crippen molar-refractivity contribution in [3.63, 3.8) is 0 Å². The van der Waals surface area contributed by atoms with Gasteiger partial charge in [0.1, 0.15) is 35.9 Å². The van der Waals surface area contributed by atoms with Crippen molar-refractivity contribution in [3.8, 4) is 11.8 Å². The number of pyridine rings is 1. The molecule has 3 aromatic rings. The van der Waals surface area contributed by atoms with E-state index in [0.717, 1.165) is 12.1 Å². The lowest BCUT2D eigenvalue weighted by Gasteiger charge is -2.31. The number of anilines is 1. The first kappa shape index (κ1) is 30.0. The first-order chi connectivity index (χ1) is 18.8. The molecule has 10 nitrogen and oxygen atoms in total. The number of alkyl halides is 5. The molecule has 0 unspecified atom stereocenters. The lowest BCUT2D eigenvalue weighted by Crippen LogP contribution is -2.50. The number of hydrogen-bond donors (Lipinski definition) is 3. The van der Waals surface area contributed by atoms with Crippen LogP contribution in [0.3, 0.4) is 0 Å². The number of aromatic nitrogens is 3. The van der Waals surface area contributed by atoms with Gasteiger partial charge in [0, 0.05) is 24.2 Å². The third-order valence-corrected chi connectivity index (χ3v) is 11.0. The minimum atomic E-state index is -4.84. The fraction of sp³-hybridized carbons (Fsp3) is 0.455. The molecule has 1 aromatic carbocycles. The van der Waals surface area contributed by atoms with Crippen molar-refractivity contribution in [2.75, 3.05) is 31.7 Å². The van der Waals surface area contributed by atoms with Gasteiger partial charge in [0.2, 0.25) is 0 Å². The molecule has 4 atom stereocenters. The molecule has 2 aliphatic rings. The Kier molecular flexibility index (Phi) is 8.45. The van der Waals surface area contributed by atoms with E-state index in [9.17, 15) is 27.1 Å². The van der Waals surface area contributed by atoms with E-state index in [0.29, 0.717) is 5.52 Å². The Morgan fingerprint density at radius 3 is 2.50 bits per heavy atom. The summed E-state index contributed by atoms with van der Waals surface area (Å²) in [4.78, 5) is 11.5. The molecule has 5 rings (SSSR count). The van der Waals surface area contributed by atoms with Crippen molar-refractivity contribution in [1.82, 2.24) is 15.0 Å². The molecule has 40 heavy (non-hydrogen) atoms. The monoisotopic (exact) mass is 818 g/mol. The number of rotatable bonds is 9. The zero-order valence-corrected chi connectivity index (χ0v) is 24.9. The predicted octanol–water partition coefficient (Wildman–Crippen LogP) is 4.85. The van der Waals surface area contributed by atoms with Gasteiger partial charge in [0.05, 0.1) is 30.4 Å². The van der Waals surface area contributed by atoms with Gasteiger partial charge in [-0.15, -0.1) is 13.2 Å². The van der Waals surface area contributed by atoms with E-state index < -0.39 is 50.6 Å². The van der Waals surface area contributed by atoms with Crippen LogP contribution < -0.4 is 14.8 Å². The lowest BCUT2D eigenvalue weighted by molar-refractivity contribution is -0.325. The maximum absolute atomic E-state index is 14.5. The topological polar surface area (TPSA) is 120 Å². The van der Waals surface area contributed by atoms with Crippen LogP contribution in [-0.2, 0) is 20.8 Å². The molecule has 218 valence electrons. The number of H-pyrrole nitrogens is 1. The highest BCUT2D eigenvalue weighted by molar-refractivity contribution is 14.1. The molecule has 0 aliphatic carbocycles. The molecule has 2 aromatic heterocycles. The molecule has 18 heteroatoms. The standard InChI is InChI=1S/C22H18ClF5I2N4O6/c23-11-5-14-18(34-19(32-14)40-16-8-39-20(29)15(35)7-38-21(16,20)30)33-17(11)31-6-10-12(24)3-9(4-13(10)25)36-1-2-37-22(26,27)28/h3-5,15-16,35H,1-2,6-8H2,(H2,31,32,33,34)/t15-,16-,20-,21-/m1/s1. The molecule has 2 saturated heterocycles. The summed E-state index contributed by atoms with van der Waals surface area (Å²) >= 11 is 10.4. The molecule has 2 fully saturated rings. The molecule has 0 saturated carbocycles. The molecule has 0 amide bonds. The third kappa shape index (κ3) is 5.87. The number of ether oxygens (including phenoxy) is 5. The largest absolute Gasteiger partial charge is 0.522 e. The van der Waals surface area contributed by atoms with Crippen molar-refractivity contribution >= 4 is 73.8 Å². The first-order valence-corrected chi connectivity index (χ1v) is 13.9. The van der Waals surface area contributed by atoms with Gasteiger partial charge < -0.3 is 34.4 Å². The second kappa shape index (κ2) is 11.3. The summed E-state index contributed by atoms with van der Waals surface area (Å²) in [5, 5.41) is 13.1. The minimum Gasteiger partial charge on any atom is -0.491 e. The molecule has 3 N–H and O–H groups in total.